The zero-order valence-electron chi connectivity index (χ0n) is 7.90. The van der Waals surface area contributed by atoms with Crippen molar-refractivity contribution in [2.24, 2.45) is 5.92 Å². The number of nitrogens with zero attached hydrogens (tertiary/aromatic N) is 3. The number of carbonyl (C=O) groups is 1. The number of hydrogen-bond acceptors (Lipinski definition) is 5. The Bertz CT molecular complexity index is 274. The van der Waals surface area contributed by atoms with Gasteiger partial charge in [0.25, 0.3) is 11.7 Å². The molecule has 0 aliphatic carbocycles. The minimum Gasteiger partial charge on any atom is -0.396 e. The van der Waals surface area contributed by atoms with Crippen molar-refractivity contribution in [1.29, 1.82) is 0 Å². The number of aromatic nitrogens is 4. The lowest BCUT2D eigenvalue weighted by Gasteiger charge is -2.09. The summed E-state index contributed by atoms with van der Waals surface area (Å²) in [4.78, 5) is 11.3. The largest absolute Gasteiger partial charge is 0.396 e. The molecule has 1 aromatic heterocycles. The fraction of sp³-hybridized carbons (Fsp3) is 0.714. The summed E-state index contributed by atoms with van der Waals surface area (Å²) in [5.74, 6) is -0.0967. The van der Waals surface area contributed by atoms with Gasteiger partial charge in [-0.15, -0.1) is 10.2 Å². The first kappa shape index (κ1) is 10.6. The number of hydrogen-bond donors (Lipinski definition) is 3. The van der Waals surface area contributed by atoms with Crippen LogP contribution in [0.4, 0.5) is 0 Å². The van der Waals surface area contributed by atoms with Gasteiger partial charge in [0.05, 0.1) is 0 Å². The first-order valence-corrected chi connectivity index (χ1v) is 4.36. The van der Waals surface area contributed by atoms with E-state index in [2.05, 4.69) is 25.9 Å². The molecule has 0 aliphatic rings. The SMILES string of the molecule is CC(CCO)CNC(=O)c1nn[nH]n1. The van der Waals surface area contributed by atoms with E-state index in [0.717, 1.165) is 0 Å². The molecule has 0 aromatic carbocycles. The third-order valence-electron chi connectivity index (χ3n) is 1.78. The van der Waals surface area contributed by atoms with Crippen LogP contribution in [0.3, 0.4) is 0 Å². The highest BCUT2D eigenvalue weighted by Crippen LogP contribution is 1.98. The third kappa shape index (κ3) is 3.09. The van der Waals surface area contributed by atoms with Gasteiger partial charge < -0.3 is 10.4 Å². The Morgan fingerprint density at radius 1 is 1.71 bits per heavy atom. The predicted molar refractivity (Wildman–Crippen MR) is 47.4 cm³/mol. The van der Waals surface area contributed by atoms with Gasteiger partial charge in [0.2, 0.25) is 0 Å². The standard InChI is InChI=1S/C7H13N5O2/c1-5(2-3-13)4-8-7(14)6-9-11-12-10-6/h5,13H,2-4H2,1H3,(H,8,14)(H,9,10,11,12). The van der Waals surface area contributed by atoms with Crippen LogP contribution in [0, 0.1) is 5.92 Å². The van der Waals surface area contributed by atoms with E-state index < -0.39 is 0 Å². The van der Waals surface area contributed by atoms with Crippen molar-refractivity contribution in [3.63, 3.8) is 0 Å². The van der Waals surface area contributed by atoms with E-state index in [9.17, 15) is 4.79 Å². The Balaban J connectivity index is 2.28. The van der Waals surface area contributed by atoms with E-state index in [0.29, 0.717) is 13.0 Å². The third-order valence-corrected chi connectivity index (χ3v) is 1.78. The average molecular weight is 199 g/mol. The fourth-order valence-corrected chi connectivity index (χ4v) is 0.926. The number of aliphatic hydroxyl groups excluding tert-OH is 1. The molecule has 0 saturated heterocycles. The van der Waals surface area contributed by atoms with Gasteiger partial charge in [-0.2, -0.15) is 5.21 Å². The molecule has 1 amide bonds. The Morgan fingerprint density at radius 3 is 3.07 bits per heavy atom. The highest BCUT2D eigenvalue weighted by molar-refractivity contribution is 5.89. The molecule has 0 spiro atoms. The zero-order chi connectivity index (χ0) is 10.4. The van der Waals surface area contributed by atoms with Gasteiger partial charge in [-0.3, -0.25) is 4.79 Å². The lowest BCUT2D eigenvalue weighted by Crippen LogP contribution is -2.29. The number of amides is 1. The molecule has 0 fully saturated rings. The number of tetrazole rings is 1. The van der Waals surface area contributed by atoms with Gasteiger partial charge in [0.1, 0.15) is 0 Å². The predicted octanol–water partition coefficient (Wildman–Crippen LogP) is -1.05. The van der Waals surface area contributed by atoms with Crippen molar-refractivity contribution in [1.82, 2.24) is 25.9 Å². The molecule has 1 unspecified atom stereocenters. The van der Waals surface area contributed by atoms with E-state index in [4.69, 9.17) is 5.11 Å². The van der Waals surface area contributed by atoms with Crippen LogP contribution in [0.15, 0.2) is 0 Å². The van der Waals surface area contributed by atoms with Crippen molar-refractivity contribution in [3.05, 3.63) is 5.82 Å². The second-order valence-electron chi connectivity index (χ2n) is 3.06. The minimum absolute atomic E-state index is 0.0289. The molecule has 0 radical (unpaired) electrons. The maximum absolute atomic E-state index is 11.3. The van der Waals surface area contributed by atoms with Crippen LogP contribution in [-0.4, -0.2) is 44.8 Å². The Kier molecular flexibility index (Phi) is 3.99. The summed E-state index contributed by atoms with van der Waals surface area (Å²) in [7, 11) is 0. The molecule has 14 heavy (non-hydrogen) atoms. The van der Waals surface area contributed by atoms with Crippen molar-refractivity contribution >= 4 is 5.91 Å². The number of rotatable bonds is 5. The Labute approximate surface area is 80.9 Å². The van der Waals surface area contributed by atoms with Gasteiger partial charge in [0.15, 0.2) is 0 Å². The van der Waals surface area contributed by atoms with Crippen LogP contribution in [0.1, 0.15) is 24.0 Å². The summed E-state index contributed by atoms with van der Waals surface area (Å²) >= 11 is 0. The summed E-state index contributed by atoms with van der Waals surface area (Å²) in [6, 6.07) is 0. The van der Waals surface area contributed by atoms with Gasteiger partial charge in [-0.1, -0.05) is 6.92 Å². The lowest BCUT2D eigenvalue weighted by atomic mass is 10.1. The number of carbonyl (C=O) groups excluding carboxylic acids is 1. The molecular weight excluding hydrogens is 186 g/mol. The normalized spacial score (nSPS) is 12.4. The molecular formula is C7H13N5O2. The van der Waals surface area contributed by atoms with Crippen LogP contribution in [0.2, 0.25) is 0 Å². The minimum atomic E-state index is -0.358. The first-order valence-electron chi connectivity index (χ1n) is 4.36. The van der Waals surface area contributed by atoms with Crippen LogP contribution >= 0.6 is 0 Å². The molecule has 0 bridgehead atoms. The molecule has 3 N–H and O–H groups in total. The number of aliphatic hydroxyl groups is 1. The summed E-state index contributed by atoms with van der Waals surface area (Å²) in [5.41, 5.74) is 0. The van der Waals surface area contributed by atoms with Crippen LogP contribution in [0.25, 0.3) is 0 Å². The summed E-state index contributed by atoms with van der Waals surface area (Å²) in [6.45, 7) is 2.56. The van der Waals surface area contributed by atoms with Gasteiger partial charge in [0, 0.05) is 13.2 Å². The van der Waals surface area contributed by atoms with E-state index >= 15 is 0 Å². The number of aromatic amines is 1. The topological polar surface area (TPSA) is 104 Å². The quantitative estimate of drug-likeness (QED) is 0.561. The first-order chi connectivity index (χ1) is 6.74. The van der Waals surface area contributed by atoms with Crippen LogP contribution in [-0.2, 0) is 0 Å². The van der Waals surface area contributed by atoms with Crippen molar-refractivity contribution in [2.45, 2.75) is 13.3 Å². The molecule has 0 saturated carbocycles. The average Bonchev–Trinajstić information content (AvgIpc) is 2.67. The van der Waals surface area contributed by atoms with E-state index in [1.165, 1.54) is 0 Å². The number of H-pyrrole nitrogens is 1. The lowest BCUT2D eigenvalue weighted by molar-refractivity contribution is 0.0935. The number of nitrogens with one attached hydrogen (secondary N) is 2. The molecule has 78 valence electrons. The Morgan fingerprint density at radius 2 is 2.50 bits per heavy atom. The molecule has 1 atom stereocenters. The maximum Gasteiger partial charge on any atom is 0.292 e. The maximum atomic E-state index is 11.3. The monoisotopic (exact) mass is 199 g/mol. The van der Waals surface area contributed by atoms with E-state index in [-0.39, 0.29) is 24.3 Å². The van der Waals surface area contributed by atoms with Crippen molar-refractivity contribution < 1.29 is 9.90 Å². The van der Waals surface area contributed by atoms with Gasteiger partial charge in [-0.05, 0) is 17.6 Å². The van der Waals surface area contributed by atoms with E-state index in [1.807, 2.05) is 6.92 Å². The summed E-state index contributed by atoms with van der Waals surface area (Å²) in [5, 5.41) is 23.8. The second-order valence-corrected chi connectivity index (χ2v) is 3.06. The second kappa shape index (κ2) is 5.28. The molecule has 1 heterocycles. The van der Waals surface area contributed by atoms with Crippen molar-refractivity contribution in [2.75, 3.05) is 13.2 Å². The fourth-order valence-electron chi connectivity index (χ4n) is 0.926. The summed E-state index contributed by atoms with van der Waals surface area (Å²) in [6.07, 6.45) is 0.659. The molecule has 1 rings (SSSR count). The Hall–Kier alpha value is -1.50. The van der Waals surface area contributed by atoms with Crippen LogP contribution in [0.5, 0.6) is 0 Å². The molecule has 0 aliphatic heterocycles. The van der Waals surface area contributed by atoms with Gasteiger partial charge >= 0.3 is 0 Å². The zero-order valence-corrected chi connectivity index (χ0v) is 7.90. The van der Waals surface area contributed by atoms with Crippen LogP contribution < -0.4 is 5.32 Å². The molecule has 1 aromatic rings. The van der Waals surface area contributed by atoms with E-state index in [1.54, 1.807) is 0 Å². The van der Waals surface area contributed by atoms with Crippen molar-refractivity contribution in [3.8, 4) is 0 Å². The molecule has 7 nitrogen and oxygen atoms in total. The highest BCUT2D eigenvalue weighted by Gasteiger charge is 2.11. The smallest absolute Gasteiger partial charge is 0.292 e. The summed E-state index contributed by atoms with van der Waals surface area (Å²) < 4.78 is 0. The van der Waals surface area contributed by atoms with Gasteiger partial charge in [-0.25, -0.2) is 0 Å². The molecule has 7 heteroatoms. The highest BCUT2D eigenvalue weighted by atomic mass is 16.3.